The number of ether oxygens (including phenoxy) is 3. The lowest BCUT2D eigenvalue weighted by atomic mass is 10.0. The summed E-state index contributed by atoms with van der Waals surface area (Å²) >= 11 is 0. The molecule has 0 amide bonds. The molecule has 0 radical (unpaired) electrons. The third-order valence-electron chi connectivity index (χ3n) is 11.4. The summed E-state index contributed by atoms with van der Waals surface area (Å²) in [6, 6.07) is 0. The third-order valence-corrected chi connectivity index (χ3v) is 11.4. The van der Waals surface area contributed by atoms with Crippen LogP contribution >= 0.6 is 0 Å². The van der Waals surface area contributed by atoms with E-state index in [1.807, 2.05) is 0 Å². The standard InChI is InChI=1S/C59H102O5/c1-4-7-10-13-16-19-22-25-28-30-32-34-37-40-43-46-49-52-58(60)63-56-57(55-62-54-51-48-45-42-39-36-33-29-26-23-20-17-14-11-8-5-2)64-59(61)53-50-47-44-41-38-35-31-27-24-21-18-15-12-9-6-3/h9,12,18,21,25,27-28,31-32,34,38,40-41,43,57H,4-8,10-11,13-17,19-20,22-24,26,29-30,33,35-37,39,42,44-56H2,1-3H3/b12-9-,21-18-,28-25-,31-27-,34-32-,41-38-,43-40-/t57-/m1/s1. The normalized spacial score (nSPS) is 12.9. The first-order valence-corrected chi connectivity index (χ1v) is 27.1. The Labute approximate surface area is 397 Å². The summed E-state index contributed by atoms with van der Waals surface area (Å²) in [5.41, 5.74) is 0. The first-order chi connectivity index (χ1) is 31.6. The molecule has 0 heterocycles. The van der Waals surface area contributed by atoms with Crippen molar-refractivity contribution in [2.45, 2.75) is 258 Å². The van der Waals surface area contributed by atoms with Crippen LogP contribution in [0.5, 0.6) is 0 Å². The molecule has 0 N–H and O–H groups in total. The van der Waals surface area contributed by atoms with Gasteiger partial charge in [-0.05, 0) is 89.9 Å². The summed E-state index contributed by atoms with van der Waals surface area (Å²) < 4.78 is 17.4. The van der Waals surface area contributed by atoms with Crippen molar-refractivity contribution < 1.29 is 23.8 Å². The Morgan fingerprint density at radius 2 is 0.719 bits per heavy atom. The zero-order valence-electron chi connectivity index (χ0n) is 42.3. The van der Waals surface area contributed by atoms with Crippen molar-refractivity contribution in [3.8, 4) is 0 Å². The lowest BCUT2D eigenvalue weighted by Crippen LogP contribution is -2.30. The van der Waals surface area contributed by atoms with Crippen molar-refractivity contribution in [1.29, 1.82) is 0 Å². The van der Waals surface area contributed by atoms with E-state index in [0.717, 1.165) is 83.5 Å². The molecule has 368 valence electrons. The van der Waals surface area contributed by atoms with Gasteiger partial charge in [-0.25, -0.2) is 0 Å². The molecular weight excluding hydrogens is 789 g/mol. The van der Waals surface area contributed by atoms with Crippen LogP contribution < -0.4 is 0 Å². The minimum atomic E-state index is -0.580. The van der Waals surface area contributed by atoms with Crippen LogP contribution in [0.25, 0.3) is 0 Å². The van der Waals surface area contributed by atoms with Crippen molar-refractivity contribution in [3.05, 3.63) is 85.1 Å². The van der Waals surface area contributed by atoms with Crippen molar-refractivity contribution in [3.63, 3.8) is 0 Å². The fraction of sp³-hybridized carbons (Fsp3) is 0.729. The monoisotopic (exact) mass is 891 g/mol. The molecule has 0 aliphatic heterocycles. The van der Waals surface area contributed by atoms with Gasteiger partial charge < -0.3 is 14.2 Å². The van der Waals surface area contributed by atoms with Crippen molar-refractivity contribution in [1.82, 2.24) is 0 Å². The van der Waals surface area contributed by atoms with E-state index >= 15 is 0 Å². The number of carbonyl (C=O) groups excluding carboxylic acids is 2. The average Bonchev–Trinajstić information content (AvgIpc) is 3.30. The summed E-state index contributed by atoms with van der Waals surface area (Å²) in [4.78, 5) is 25.4. The molecule has 0 aliphatic carbocycles. The Morgan fingerprint density at radius 3 is 1.17 bits per heavy atom. The fourth-order valence-corrected chi connectivity index (χ4v) is 7.40. The molecule has 1 atom stereocenters. The van der Waals surface area contributed by atoms with Gasteiger partial charge in [-0.3, -0.25) is 9.59 Å². The molecule has 0 spiro atoms. The highest BCUT2D eigenvalue weighted by Crippen LogP contribution is 2.15. The molecule has 0 fully saturated rings. The van der Waals surface area contributed by atoms with E-state index in [2.05, 4.69) is 106 Å². The van der Waals surface area contributed by atoms with Gasteiger partial charge in [0.25, 0.3) is 0 Å². The molecule has 5 nitrogen and oxygen atoms in total. The van der Waals surface area contributed by atoms with E-state index in [-0.39, 0.29) is 25.2 Å². The van der Waals surface area contributed by atoms with Crippen LogP contribution in [-0.4, -0.2) is 37.9 Å². The molecule has 0 aromatic carbocycles. The van der Waals surface area contributed by atoms with Gasteiger partial charge in [0, 0.05) is 19.4 Å². The van der Waals surface area contributed by atoms with Gasteiger partial charge in [-0.1, -0.05) is 234 Å². The van der Waals surface area contributed by atoms with E-state index in [1.54, 1.807) is 0 Å². The maximum atomic E-state index is 12.8. The van der Waals surface area contributed by atoms with E-state index in [0.29, 0.717) is 19.4 Å². The quantitative estimate of drug-likeness (QED) is 0.0346. The van der Waals surface area contributed by atoms with Crippen LogP contribution in [0.2, 0.25) is 0 Å². The second-order valence-electron chi connectivity index (χ2n) is 17.8. The number of allylic oxidation sites excluding steroid dienone is 14. The zero-order valence-corrected chi connectivity index (χ0v) is 42.3. The number of unbranched alkanes of at least 4 members (excludes halogenated alkanes) is 24. The highest BCUT2D eigenvalue weighted by molar-refractivity contribution is 5.70. The Bertz CT molecular complexity index is 1190. The molecule has 0 aliphatic rings. The largest absolute Gasteiger partial charge is 0.462 e. The van der Waals surface area contributed by atoms with Crippen LogP contribution in [0.3, 0.4) is 0 Å². The smallest absolute Gasteiger partial charge is 0.306 e. The third kappa shape index (κ3) is 51.7. The van der Waals surface area contributed by atoms with Crippen LogP contribution in [0.4, 0.5) is 0 Å². The van der Waals surface area contributed by atoms with Gasteiger partial charge >= 0.3 is 11.9 Å². The number of hydrogen-bond donors (Lipinski definition) is 0. The highest BCUT2D eigenvalue weighted by atomic mass is 16.6. The van der Waals surface area contributed by atoms with Crippen molar-refractivity contribution in [2.24, 2.45) is 0 Å². The zero-order chi connectivity index (χ0) is 46.3. The second-order valence-corrected chi connectivity index (χ2v) is 17.8. The Kier molecular flexibility index (Phi) is 51.9. The molecule has 0 saturated heterocycles. The van der Waals surface area contributed by atoms with Gasteiger partial charge in [0.1, 0.15) is 6.61 Å². The molecule has 0 unspecified atom stereocenters. The number of esters is 2. The number of carbonyl (C=O) groups is 2. The summed E-state index contributed by atoms with van der Waals surface area (Å²) in [6.07, 6.45) is 71.8. The molecule has 0 bridgehead atoms. The minimum absolute atomic E-state index is 0.0412. The summed E-state index contributed by atoms with van der Waals surface area (Å²) in [7, 11) is 0. The van der Waals surface area contributed by atoms with Crippen molar-refractivity contribution in [2.75, 3.05) is 19.8 Å². The van der Waals surface area contributed by atoms with Gasteiger partial charge in [0.05, 0.1) is 6.61 Å². The molecule has 5 heteroatoms. The van der Waals surface area contributed by atoms with E-state index < -0.39 is 6.10 Å². The topological polar surface area (TPSA) is 61.8 Å². The Balaban J connectivity index is 4.40. The summed E-state index contributed by atoms with van der Waals surface area (Å²) in [5, 5.41) is 0. The van der Waals surface area contributed by atoms with E-state index in [1.165, 1.54) is 135 Å². The summed E-state index contributed by atoms with van der Waals surface area (Å²) in [5.74, 6) is -0.501. The van der Waals surface area contributed by atoms with Crippen molar-refractivity contribution >= 4 is 11.9 Å². The van der Waals surface area contributed by atoms with E-state index in [4.69, 9.17) is 14.2 Å². The predicted molar refractivity (Wildman–Crippen MR) is 279 cm³/mol. The number of hydrogen-bond acceptors (Lipinski definition) is 5. The van der Waals surface area contributed by atoms with Crippen LogP contribution in [0, 0.1) is 0 Å². The Morgan fingerprint density at radius 1 is 0.359 bits per heavy atom. The minimum Gasteiger partial charge on any atom is -0.462 e. The molecule has 0 saturated carbocycles. The van der Waals surface area contributed by atoms with E-state index in [9.17, 15) is 9.59 Å². The maximum absolute atomic E-state index is 12.8. The highest BCUT2D eigenvalue weighted by Gasteiger charge is 2.17. The molecule has 64 heavy (non-hydrogen) atoms. The van der Waals surface area contributed by atoms with Gasteiger partial charge in [0.15, 0.2) is 6.10 Å². The molecule has 0 aromatic rings. The average molecular weight is 891 g/mol. The fourth-order valence-electron chi connectivity index (χ4n) is 7.40. The van der Waals surface area contributed by atoms with Gasteiger partial charge in [0.2, 0.25) is 0 Å². The lowest BCUT2D eigenvalue weighted by molar-refractivity contribution is -0.162. The van der Waals surface area contributed by atoms with Crippen LogP contribution in [0.1, 0.15) is 252 Å². The molecular formula is C59H102O5. The summed E-state index contributed by atoms with van der Waals surface area (Å²) in [6.45, 7) is 7.63. The van der Waals surface area contributed by atoms with Crippen LogP contribution in [-0.2, 0) is 23.8 Å². The SMILES string of the molecule is CC/C=C\C/C=C\C/C=C\C/C=C\CCCCC(=O)O[C@H](COCCCCCCCCCCCCCCCCCC)COC(=O)CCC/C=C\C/C=C\C/C=C\CCCCCCCC. The Hall–Kier alpha value is -2.92. The van der Waals surface area contributed by atoms with Gasteiger partial charge in [-0.15, -0.1) is 0 Å². The predicted octanol–water partition coefficient (Wildman–Crippen LogP) is 18.5. The van der Waals surface area contributed by atoms with Gasteiger partial charge in [-0.2, -0.15) is 0 Å². The first-order valence-electron chi connectivity index (χ1n) is 27.1. The first kappa shape index (κ1) is 61.1. The lowest BCUT2D eigenvalue weighted by Gasteiger charge is -2.18. The molecule has 0 aromatic heterocycles. The second kappa shape index (κ2) is 54.4. The van der Waals surface area contributed by atoms with Crippen LogP contribution in [0.15, 0.2) is 85.1 Å². The maximum Gasteiger partial charge on any atom is 0.306 e. The molecule has 0 rings (SSSR count). The number of rotatable bonds is 49.